The normalized spacial score (nSPS) is 17.8. The van der Waals surface area contributed by atoms with Crippen LogP contribution in [0.5, 0.6) is 17.2 Å². The van der Waals surface area contributed by atoms with Crippen molar-refractivity contribution in [3.63, 3.8) is 0 Å². The van der Waals surface area contributed by atoms with E-state index in [1.165, 1.54) is 22.5 Å². The van der Waals surface area contributed by atoms with Gasteiger partial charge in [0.05, 0.1) is 23.4 Å². The van der Waals surface area contributed by atoms with Crippen molar-refractivity contribution in [2.45, 2.75) is 18.9 Å². The Bertz CT molecular complexity index is 1730. The summed E-state index contributed by atoms with van der Waals surface area (Å²) in [5.41, 5.74) is 6.53. The van der Waals surface area contributed by atoms with Crippen LogP contribution in [0.2, 0.25) is 0 Å². The Morgan fingerprint density at radius 2 is 1.86 bits per heavy atom. The van der Waals surface area contributed by atoms with Crippen molar-refractivity contribution in [2.75, 3.05) is 13.9 Å². The predicted octanol–water partition coefficient (Wildman–Crippen LogP) is 4.06. The van der Waals surface area contributed by atoms with Crippen molar-refractivity contribution in [3.05, 3.63) is 114 Å². The molecular weight excluding hydrogens is 472 g/mol. The number of rotatable bonds is 3. The Balaban J connectivity index is 1.45. The van der Waals surface area contributed by atoms with Crippen LogP contribution in [-0.4, -0.2) is 18.5 Å². The van der Waals surface area contributed by atoms with Crippen LogP contribution < -0.4 is 29.1 Å². The number of aryl methyl sites for hydroxylation is 1. The molecule has 2 aliphatic heterocycles. The van der Waals surface area contributed by atoms with Crippen LogP contribution in [0, 0.1) is 0 Å². The number of hydrogen-bond donors (Lipinski definition) is 0. The molecule has 0 fully saturated rings. The molecule has 0 amide bonds. The number of benzene rings is 3. The van der Waals surface area contributed by atoms with Gasteiger partial charge in [-0.15, -0.1) is 0 Å². The molecular formula is C29H22N2O4S. The molecule has 3 aliphatic rings. The first kappa shape index (κ1) is 21.2. The molecule has 0 saturated carbocycles. The summed E-state index contributed by atoms with van der Waals surface area (Å²) in [4.78, 5) is 19.6. The summed E-state index contributed by atoms with van der Waals surface area (Å²) in [7, 11) is 1.66. The van der Waals surface area contributed by atoms with Gasteiger partial charge in [0.2, 0.25) is 6.79 Å². The molecule has 0 N–H and O–H groups in total. The number of nitrogens with zero attached hydrogens (tertiary/aromatic N) is 2. The summed E-state index contributed by atoms with van der Waals surface area (Å²) in [6.07, 6.45) is 3.70. The van der Waals surface area contributed by atoms with E-state index in [9.17, 15) is 4.79 Å². The lowest BCUT2D eigenvalue weighted by atomic mass is 9.83. The van der Waals surface area contributed by atoms with Gasteiger partial charge in [0.15, 0.2) is 16.3 Å². The molecule has 0 saturated heterocycles. The lowest BCUT2D eigenvalue weighted by Gasteiger charge is -2.30. The zero-order chi connectivity index (χ0) is 24.2. The number of thiazole rings is 1. The van der Waals surface area contributed by atoms with Crippen molar-refractivity contribution in [1.82, 2.24) is 4.57 Å². The molecule has 7 heteroatoms. The second kappa shape index (κ2) is 8.24. The molecule has 1 aliphatic carbocycles. The van der Waals surface area contributed by atoms with E-state index in [1.807, 2.05) is 41.0 Å². The van der Waals surface area contributed by atoms with Gasteiger partial charge in [0.25, 0.3) is 5.56 Å². The fraction of sp³-hybridized carbons (Fsp3) is 0.172. The number of ether oxygens (including phenoxy) is 3. The van der Waals surface area contributed by atoms with Crippen LogP contribution >= 0.6 is 11.3 Å². The zero-order valence-corrected chi connectivity index (χ0v) is 20.4. The van der Waals surface area contributed by atoms with E-state index in [0.717, 1.165) is 46.7 Å². The SMILES string of the molecule is COc1ccc([C@H]2C3=C(N=c4s/c(=C\c5ccc6c(c5)OCO6)c(=O)n42)c2ccccc2CC3)cc1. The second-order valence-corrected chi connectivity index (χ2v) is 10.0. The summed E-state index contributed by atoms with van der Waals surface area (Å²) in [5.74, 6) is 2.20. The van der Waals surface area contributed by atoms with Gasteiger partial charge in [-0.2, -0.15) is 0 Å². The Morgan fingerprint density at radius 1 is 1.03 bits per heavy atom. The van der Waals surface area contributed by atoms with E-state index >= 15 is 0 Å². The summed E-state index contributed by atoms with van der Waals surface area (Å²) in [6, 6.07) is 22.0. The number of hydrogen-bond acceptors (Lipinski definition) is 6. The largest absolute Gasteiger partial charge is 0.497 e. The van der Waals surface area contributed by atoms with Gasteiger partial charge in [-0.3, -0.25) is 9.36 Å². The maximum Gasteiger partial charge on any atom is 0.271 e. The molecule has 6 nitrogen and oxygen atoms in total. The third-order valence-corrected chi connectivity index (χ3v) is 7.98. The van der Waals surface area contributed by atoms with Crippen LogP contribution in [-0.2, 0) is 6.42 Å². The fourth-order valence-electron chi connectivity index (χ4n) is 5.26. The molecule has 0 unspecified atom stereocenters. The Hall–Kier alpha value is -4.10. The molecule has 36 heavy (non-hydrogen) atoms. The highest BCUT2D eigenvalue weighted by Gasteiger charge is 2.32. The lowest BCUT2D eigenvalue weighted by molar-refractivity contribution is 0.174. The maximum atomic E-state index is 13.9. The molecule has 0 radical (unpaired) electrons. The summed E-state index contributed by atoms with van der Waals surface area (Å²) in [5, 5.41) is 0. The van der Waals surface area contributed by atoms with E-state index < -0.39 is 0 Å². The fourth-order valence-corrected chi connectivity index (χ4v) is 6.26. The minimum absolute atomic E-state index is 0.0392. The van der Waals surface area contributed by atoms with Crippen LogP contribution in [0.3, 0.4) is 0 Å². The minimum Gasteiger partial charge on any atom is -0.497 e. The standard InChI is InChI=1S/C29H22N2O4S/c1-33-20-10-7-19(8-11-20)27-22-12-9-18-4-2-3-5-21(18)26(22)30-29-31(27)28(32)25(36-29)15-17-6-13-23-24(14-17)35-16-34-23/h2-8,10-11,13-15,27H,9,12,16H2,1H3/b25-15-/t27-/m0/s1. The van der Waals surface area contributed by atoms with Crippen molar-refractivity contribution in [3.8, 4) is 17.2 Å². The highest BCUT2D eigenvalue weighted by Crippen LogP contribution is 2.41. The van der Waals surface area contributed by atoms with Crippen molar-refractivity contribution >= 4 is 23.1 Å². The minimum atomic E-state index is -0.214. The van der Waals surface area contributed by atoms with E-state index in [-0.39, 0.29) is 18.4 Å². The Labute approximate surface area is 211 Å². The van der Waals surface area contributed by atoms with Crippen LogP contribution in [0.4, 0.5) is 0 Å². The van der Waals surface area contributed by atoms with Gasteiger partial charge >= 0.3 is 0 Å². The Morgan fingerprint density at radius 3 is 2.72 bits per heavy atom. The molecule has 178 valence electrons. The molecule has 0 bridgehead atoms. The molecule has 1 aromatic heterocycles. The molecule has 7 rings (SSSR count). The molecule has 4 aromatic rings. The number of methoxy groups -OCH3 is 1. The lowest BCUT2D eigenvalue weighted by Crippen LogP contribution is -2.38. The molecule has 0 spiro atoms. The van der Waals surface area contributed by atoms with Crippen LogP contribution in [0.25, 0.3) is 11.8 Å². The summed E-state index contributed by atoms with van der Waals surface area (Å²) in [6.45, 7) is 0.218. The van der Waals surface area contributed by atoms with Gasteiger partial charge < -0.3 is 14.2 Å². The van der Waals surface area contributed by atoms with E-state index in [4.69, 9.17) is 19.2 Å². The topological polar surface area (TPSA) is 62.0 Å². The zero-order valence-electron chi connectivity index (χ0n) is 19.6. The number of allylic oxidation sites excluding steroid dienone is 1. The van der Waals surface area contributed by atoms with Crippen LogP contribution in [0.15, 0.2) is 82.1 Å². The number of fused-ring (bicyclic) bond motifs is 4. The highest BCUT2D eigenvalue weighted by atomic mass is 32.1. The third kappa shape index (κ3) is 3.31. The van der Waals surface area contributed by atoms with E-state index in [1.54, 1.807) is 7.11 Å². The predicted molar refractivity (Wildman–Crippen MR) is 138 cm³/mol. The maximum absolute atomic E-state index is 13.9. The average molecular weight is 495 g/mol. The van der Waals surface area contributed by atoms with Gasteiger partial charge in [-0.1, -0.05) is 53.8 Å². The first-order chi connectivity index (χ1) is 17.7. The molecule has 3 heterocycles. The summed E-state index contributed by atoms with van der Waals surface area (Å²) < 4.78 is 18.8. The Kier molecular flexibility index (Phi) is 4.85. The van der Waals surface area contributed by atoms with E-state index in [0.29, 0.717) is 15.1 Å². The smallest absolute Gasteiger partial charge is 0.271 e. The van der Waals surface area contributed by atoms with Crippen molar-refractivity contribution < 1.29 is 14.2 Å². The first-order valence-electron chi connectivity index (χ1n) is 11.9. The van der Waals surface area contributed by atoms with Gasteiger partial charge in [-0.05, 0) is 65.4 Å². The van der Waals surface area contributed by atoms with Gasteiger partial charge in [-0.25, -0.2) is 4.99 Å². The summed E-state index contributed by atoms with van der Waals surface area (Å²) >= 11 is 1.42. The monoisotopic (exact) mass is 494 g/mol. The van der Waals surface area contributed by atoms with Crippen molar-refractivity contribution in [2.24, 2.45) is 4.99 Å². The van der Waals surface area contributed by atoms with Gasteiger partial charge in [0, 0.05) is 5.56 Å². The highest BCUT2D eigenvalue weighted by molar-refractivity contribution is 7.07. The average Bonchev–Trinajstić information content (AvgIpc) is 3.51. The van der Waals surface area contributed by atoms with Gasteiger partial charge in [0.1, 0.15) is 5.75 Å². The van der Waals surface area contributed by atoms with Crippen LogP contribution in [0.1, 0.15) is 34.7 Å². The first-order valence-corrected chi connectivity index (χ1v) is 12.7. The second-order valence-electron chi connectivity index (χ2n) is 9.00. The molecule has 3 aromatic carbocycles. The third-order valence-electron chi connectivity index (χ3n) is 7.00. The quantitative estimate of drug-likeness (QED) is 0.431. The number of aromatic nitrogens is 1. The molecule has 1 atom stereocenters. The van der Waals surface area contributed by atoms with E-state index in [2.05, 4.69) is 36.4 Å². The van der Waals surface area contributed by atoms with Crippen molar-refractivity contribution in [1.29, 1.82) is 0 Å².